The fraction of sp³-hybridized carbons (Fsp3) is 0.417. The summed E-state index contributed by atoms with van der Waals surface area (Å²) < 4.78 is 7.00. The number of rotatable bonds is 6. The average molecular weight is 424 g/mol. The second-order valence-electron chi connectivity index (χ2n) is 7.93. The Kier molecular flexibility index (Phi) is 6.23. The van der Waals surface area contributed by atoms with Crippen LogP contribution in [0.3, 0.4) is 0 Å². The number of unbranched alkanes of at least 4 members (excludes halogenated alkanes) is 1. The fourth-order valence-corrected chi connectivity index (χ4v) is 5.02. The summed E-state index contributed by atoms with van der Waals surface area (Å²) in [6, 6.07) is 11.9. The SMILES string of the molecule is CCCCOc1cccc(C(=O)N2CCN(c3nc4c(C)cc(C)cc4s3)CC2)c1. The van der Waals surface area contributed by atoms with E-state index in [2.05, 4.69) is 37.8 Å². The van der Waals surface area contributed by atoms with Crippen LogP contribution in [0, 0.1) is 13.8 Å². The van der Waals surface area contributed by atoms with Gasteiger partial charge in [0.25, 0.3) is 5.91 Å². The maximum Gasteiger partial charge on any atom is 0.254 e. The van der Waals surface area contributed by atoms with Crippen molar-refractivity contribution in [1.29, 1.82) is 0 Å². The molecule has 0 unspecified atom stereocenters. The Morgan fingerprint density at radius 3 is 2.70 bits per heavy atom. The molecule has 1 aliphatic heterocycles. The smallest absolute Gasteiger partial charge is 0.254 e. The van der Waals surface area contributed by atoms with Crippen LogP contribution in [0.25, 0.3) is 10.2 Å². The second kappa shape index (κ2) is 9.04. The van der Waals surface area contributed by atoms with Crippen molar-refractivity contribution in [3.05, 3.63) is 53.1 Å². The Morgan fingerprint density at radius 1 is 1.13 bits per heavy atom. The molecule has 6 heteroatoms. The van der Waals surface area contributed by atoms with E-state index in [1.165, 1.54) is 15.8 Å². The van der Waals surface area contributed by atoms with Gasteiger partial charge >= 0.3 is 0 Å². The quantitative estimate of drug-likeness (QED) is 0.520. The molecular weight excluding hydrogens is 394 g/mol. The first-order valence-electron chi connectivity index (χ1n) is 10.7. The van der Waals surface area contributed by atoms with Crippen LogP contribution in [0.4, 0.5) is 5.13 Å². The number of fused-ring (bicyclic) bond motifs is 1. The first-order chi connectivity index (χ1) is 14.5. The van der Waals surface area contributed by atoms with Gasteiger partial charge in [-0.15, -0.1) is 0 Å². The number of ether oxygens (including phenoxy) is 1. The van der Waals surface area contributed by atoms with Gasteiger partial charge in [0.2, 0.25) is 0 Å². The molecule has 158 valence electrons. The third kappa shape index (κ3) is 4.43. The first-order valence-corrected chi connectivity index (χ1v) is 11.5. The van der Waals surface area contributed by atoms with Gasteiger partial charge in [-0.2, -0.15) is 0 Å². The van der Waals surface area contributed by atoms with Crippen molar-refractivity contribution in [3.63, 3.8) is 0 Å². The first kappa shape index (κ1) is 20.7. The van der Waals surface area contributed by atoms with Crippen LogP contribution >= 0.6 is 11.3 Å². The molecule has 0 N–H and O–H groups in total. The number of nitrogens with zero attached hydrogens (tertiary/aromatic N) is 3. The molecule has 5 nitrogen and oxygen atoms in total. The summed E-state index contributed by atoms with van der Waals surface area (Å²) in [5.41, 5.74) is 4.29. The summed E-state index contributed by atoms with van der Waals surface area (Å²) in [5, 5.41) is 1.05. The molecule has 0 radical (unpaired) electrons. The Bertz CT molecular complexity index is 1040. The highest BCUT2D eigenvalue weighted by Crippen LogP contribution is 2.32. The topological polar surface area (TPSA) is 45.7 Å². The van der Waals surface area contributed by atoms with Gasteiger partial charge in [0.05, 0.1) is 16.8 Å². The van der Waals surface area contributed by atoms with Gasteiger partial charge in [0, 0.05) is 31.7 Å². The van der Waals surface area contributed by atoms with Crippen LogP contribution < -0.4 is 9.64 Å². The minimum Gasteiger partial charge on any atom is -0.494 e. The van der Waals surface area contributed by atoms with E-state index in [4.69, 9.17) is 9.72 Å². The highest BCUT2D eigenvalue weighted by atomic mass is 32.1. The van der Waals surface area contributed by atoms with Gasteiger partial charge in [-0.05, 0) is 55.7 Å². The lowest BCUT2D eigenvalue weighted by Gasteiger charge is -2.34. The van der Waals surface area contributed by atoms with Crippen molar-refractivity contribution in [3.8, 4) is 5.75 Å². The number of aromatic nitrogens is 1. The summed E-state index contributed by atoms with van der Waals surface area (Å²) in [7, 11) is 0. The predicted molar refractivity (Wildman–Crippen MR) is 124 cm³/mol. The summed E-state index contributed by atoms with van der Waals surface area (Å²) in [6.07, 6.45) is 2.11. The fourth-order valence-electron chi connectivity index (χ4n) is 3.83. The summed E-state index contributed by atoms with van der Waals surface area (Å²) in [6.45, 7) is 10.1. The zero-order valence-electron chi connectivity index (χ0n) is 18.0. The monoisotopic (exact) mass is 423 g/mol. The molecule has 0 atom stereocenters. The number of anilines is 1. The minimum atomic E-state index is 0.0753. The molecule has 1 saturated heterocycles. The average Bonchev–Trinajstić information content (AvgIpc) is 3.18. The standard InChI is InChI=1S/C24H29N3O2S/c1-4-5-13-29-20-8-6-7-19(16-20)23(28)26-9-11-27(12-10-26)24-25-22-18(3)14-17(2)15-21(22)30-24/h6-8,14-16H,4-5,9-13H2,1-3H3. The van der Waals surface area contributed by atoms with Crippen molar-refractivity contribution < 1.29 is 9.53 Å². The summed E-state index contributed by atoms with van der Waals surface area (Å²) >= 11 is 1.74. The number of hydrogen-bond acceptors (Lipinski definition) is 5. The van der Waals surface area contributed by atoms with Crippen LogP contribution in [0.5, 0.6) is 5.75 Å². The highest BCUT2D eigenvalue weighted by Gasteiger charge is 2.24. The van der Waals surface area contributed by atoms with Crippen LogP contribution in [-0.2, 0) is 0 Å². The Balaban J connectivity index is 1.40. The molecule has 2 heterocycles. The third-order valence-corrected chi connectivity index (χ3v) is 6.57. The van der Waals surface area contributed by atoms with Crippen molar-refractivity contribution >= 4 is 32.6 Å². The Morgan fingerprint density at radius 2 is 1.93 bits per heavy atom. The summed E-state index contributed by atoms with van der Waals surface area (Å²) in [4.78, 5) is 22.1. The molecule has 0 spiro atoms. The van der Waals surface area contributed by atoms with Crippen LogP contribution in [0.1, 0.15) is 41.3 Å². The normalized spacial score (nSPS) is 14.4. The molecule has 2 aromatic carbocycles. The molecule has 0 saturated carbocycles. The molecule has 1 aliphatic rings. The molecule has 0 aliphatic carbocycles. The van der Waals surface area contributed by atoms with E-state index in [1.807, 2.05) is 29.2 Å². The predicted octanol–water partition coefficient (Wildman–Crippen LogP) is 5.05. The van der Waals surface area contributed by atoms with Crippen molar-refractivity contribution in [2.24, 2.45) is 0 Å². The highest BCUT2D eigenvalue weighted by molar-refractivity contribution is 7.22. The van der Waals surface area contributed by atoms with Crippen LogP contribution in [0.15, 0.2) is 36.4 Å². The number of benzene rings is 2. The number of hydrogen-bond donors (Lipinski definition) is 0. The lowest BCUT2D eigenvalue weighted by molar-refractivity contribution is 0.0746. The number of carbonyl (C=O) groups excluding carboxylic acids is 1. The van der Waals surface area contributed by atoms with E-state index >= 15 is 0 Å². The molecule has 1 fully saturated rings. The number of carbonyl (C=O) groups is 1. The maximum atomic E-state index is 13.0. The lowest BCUT2D eigenvalue weighted by atomic mass is 10.1. The molecule has 1 aromatic heterocycles. The molecule has 3 aromatic rings. The van der Waals surface area contributed by atoms with E-state index in [0.717, 1.165) is 42.3 Å². The van der Waals surface area contributed by atoms with Gasteiger partial charge in [-0.1, -0.05) is 36.8 Å². The number of thiazole rings is 1. The number of aryl methyl sites for hydroxylation is 2. The minimum absolute atomic E-state index is 0.0753. The van der Waals surface area contributed by atoms with Crippen LogP contribution in [-0.4, -0.2) is 48.6 Å². The molecule has 0 bridgehead atoms. The number of amides is 1. The number of piperazine rings is 1. The van der Waals surface area contributed by atoms with Gasteiger partial charge in [-0.25, -0.2) is 4.98 Å². The third-order valence-electron chi connectivity index (χ3n) is 5.50. The van der Waals surface area contributed by atoms with E-state index in [1.54, 1.807) is 11.3 Å². The zero-order chi connectivity index (χ0) is 21.1. The summed E-state index contributed by atoms with van der Waals surface area (Å²) in [5.74, 6) is 0.847. The van der Waals surface area contributed by atoms with E-state index in [-0.39, 0.29) is 5.91 Å². The van der Waals surface area contributed by atoms with Gasteiger partial charge in [-0.3, -0.25) is 4.79 Å². The molecular formula is C24H29N3O2S. The Hall–Kier alpha value is -2.60. The molecule has 30 heavy (non-hydrogen) atoms. The van der Waals surface area contributed by atoms with Crippen molar-refractivity contribution in [2.75, 3.05) is 37.7 Å². The van der Waals surface area contributed by atoms with Gasteiger partial charge < -0.3 is 14.5 Å². The van der Waals surface area contributed by atoms with Gasteiger partial charge in [0.15, 0.2) is 5.13 Å². The lowest BCUT2D eigenvalue weighted by Crippen LogP contribution is -2.48. The Labute approximate surface area is 182 Å². The van der Waals surface area contributed by atoms with Crippen LogP contribution in [0.2, 0.25) is 0 Å². The second-order valence-corrected chi connectivity index (χ2v) is 8.94. The zero-order valence-corrected chi connectivity index (χ0v) is 18.8. The van der Waals surface area contributed by atoms with Crippen molar-refractivity contribution in [1.82, 2.24) is 9.88 Å². The van der Waals surface area contributed by atoms with E-state index in [9.17, 15) is 4.79 Å². The molecule has 1 amide bonds. The van der Waals surface area contributed by atoms with Crippen molar-refractivity contribution in [2.45, 2.75) is 33.6 Å². The van der Waals surface area contributed by atoms with Gasteiger partial charge in [0.1, 0.15) is 5.75 Å². The molecule has 4 rings (SSSR count). The maximum absolute atomic E-state index is 13.0. The largest absolute Gasteiger partial charge is 0.494 e. The van der Waals surface area contributed by atoms with E-state index in [0.29, 0.717) is 25.3 Å². The van der Waals surface area contributed by atoms with E-state index < -0.39 is 0 Å².